The number of esters is 2. The first-order valence-electron chi connectivity index (χ1n) is 20.3. The van der Waals surface area contributed by atoms with Crippen LogP contribution < -0.4 is 5.32 Å². The van der Waals surface area contributed by atoms with Gasteiger partial charge in [-0.15, -0.1) is 0 Å². The molecule has 2 N–H and O–H groups in total. The minimum Gasteiger partial charge on any atom is -0.455 e. The number of pyridine rings is 1. The molecule has 4 fully saturated rings. The second-order valence-electron chi connectivity index (χ2n) is 17.6. The average Bonchev–Trinajstić information content (AvgIpc) is 3.89. The van der Waals surface area contributed by atoms with Crippen molar-refractivity contribution >= 4 is 23.5 Å². The highest BCUT2D eigenvalue weighted by Gasteiger charge is 2.69. The number of hydrogen-bond acceptors (Lipinski definition) is 15. The number of aromatic nitrogens is 2. The number of ketones is 2. The van der Waals surface area contributed by atoms with Gasteiger partial charge in [0.15, 0.2) is 29.1 Å². The van der Waals surface area contributed by atoms with Crippen LogP contribution in [0.4, 0.5) is 4.39 Å². The zero-order chi connectivity index (χ0) is 43.2. The van der Waals surface area contributed by atoms with Gasteiger partial charge in [0.1, 0.15) is 36.3 Å². The zero-order valence-electron chi connectivity index (χ0n) is 35.4. The summed E-state index contributed by atoms with van der Waals surface area (Å²) in [5, 5.41) is 18.8. The predicted octanol–water partition coefficient (Wildman–Crippen LogP) is 3.45. The van der Waals surface area contributed by atoms with Crippen LogP contribution in [0.2, 0.25) is 0 Å². The van der Waals surface area contributed by atoms with Gasteiger partial charge in [-0.3, -0.25) is 19.4 Å². The molecule has 16 heteroatoms. The molecule has 2 aromatic heterocycles. The molecule has 4 aliphatic heterocycles. The van der Waals surface area contributed by atoms with Crippen molar-refractivity contribution in [3.63, 3.8) is 0 Å². The van der Waals surface area contributed by atoms with Crippen molar-refractivity contribution < 1.29 is 56.9 Å². The lowest BCUT2D eigenvalue weighted by atomic mass is 9.62. The Hall–Kier alpha value is -4.11. The summed E-state index contributed by atoms with van der Waals surface area (Å²) in [6, 6.07) is 5.65. The number of nitrogens with zero attached hydrogens (tertiary/aromatic N) is 3. The Balaban J connectivity index is 1.43. The van der Waals surface area contributed by atoms with Crippen LogP contribution in [0.1, 0.15) is 80.3 Å². The van der Waals surface area contributed by atoms with Gasteiger partial charge in [-0.25, -0.2) is 9.18 Å². The third-order valence-corrected chi connectivity index (χ3v) is 12.9. The highest BCUT2D eigenvalue weighted by Crippen LogP contribution is 2.53. The maximum absolute atomic E-state index is 17.0. The summed E-state index contributed by atoms with van der Waals surface area (Å²) in [7, 11) is 3.62. The Morgan fingerprint density at radius 2 is 1.81 bits per heavy atom. The number of nitrogens with one attached hydrogen (secondary N) is 1. The van der Waals surface area contributed by atoms with E-state index in [-0.39, 0.29) is 37.5 Å². The third kappa shape index (κ3) is 8.22. The smallest absolute Gasteiger partial charge is 0.351 e. The van der Waals surface area contributed by atoms with Crippen LogP contribution in [-0.4, -0.2) is 131 Å². The number of aliphatic hydroxyl groups excluding tert-OH is 1. The van der Waals surface area contributed by atoms with Gasteiger partial charge in [0.05, 0.1) is 17.8 Å². The number of Topliss-reactive ketones (excluding diaryl/α,β-unsaturated/α-hetero) is 2. The lowest BCUT2D eigenvalue weighted by Gasteiger charge is -2.48. The van der Waals surface area contributed by atoms with Gasteiger partial charge in [0.25, 0.3) is 5.67 Å². The summed E-state index contributed by atoms with van der Waals surface area (Å²) in [5.74, 6) is -0.399. The van der Waals surface area contributed by atoms with E-state index in [0.29, 0.717) is 17.9 Å². The number of ether oxygens (including phenoxy) is 5. The van der Waals surface area contributed by atoms with Crippen LogP contribution in [0.25, 0.3) is 11.5 Å². The molecular formula is C43H57FN4O11. The molecule has 6 heterocycles. The fourth-order valence-electron chi connectivity index (χ4n) is 9.86. The van der Waals surface area contributed by atoms with E-state index < -0.39 is 101 Å². The first kappa shape index (κ1) is 44.4. The van der Waals surface area contributed by atoms with Crippen molar-refractivity contribution in [1.29, 1.82) is 0 Å². The van der Waals surface area contributed by atoms with E-state index in [0.717, 1.165) is 6.92 Å². The summed E-state index contributed by atoms with van der Waals surface area (Å²) < 4.78 is 53.5. The molecule has 0 amide bonds. The number of rotatable bonds is 7. The number of hydrogen-bond donors (Lipinski definition) is 2. The fourth-order valence-corrected chi connectivity index (χ4v) is 9.86. The Morgan fingerprint density at radius 1 is 1.08 bits per heavy atom. The molecule has 14 atom stereocenters. The van der Waals surface area contributed by atoms with E-state index in [4.69, 9.17) is 28.2 Å². The quantitative estimate of drug-likeness (QED) is 0.235. The van der Waals surface area contributed by atoms with Gasteiger partial charge in [0, 0.05) is 48.0 Å². The number of halogens is 1. The minimum absolute atomic E-state index is 0.0950. The molecule has 2 aromatic rings. The molecular weight excluding hydrogens is 767 g/mol. The van der Waals surface area contributed by atoms with Crippen molar-refractivity contribution in [2.24, 2.45) is 23.2 Å². The van der Waals surface area contributed by atoms with E-state index in [2.05, 4.69) is 27.3 Å². The normalized spacial score (nSPS) is 40.5. The number of alkyl halides is 1. The zero-order valence-corrected chi connectivity index (χ0v) is 35.4. The molecule has 0 saturated carbocycles. The van der Waals surface area contributed by atoms with E-state index in [1.807, 2.05) is 32.0 Å². The number of cyclic esters (lactones) is 1. The maximum atomic E-state index is 17.0. The highest BCUT2D eigenvalue weighted by atomic mass is 19.1. The molecule has 0 bridgehead atoms. The molecule has 0 spiro atoms. The maximum Gasteiger partial charge on any atom is 0.351 e. The number of carbonyl (C=O) groups is 4. The largest absolute Gasteiger partial charge is 0.455 e. The van der Waals surface area contributed by atoms with Gasteiger partial charge in [-0.1, -0.05) is 44.8 Å². The van der Waals surface area contributed by atoms with Crippen molar-refractivity contribution in [2.75, 3.05) is 27.2 Å². The van der Waals surface area contributed by atoms with E-state index in [9.17, 15) is 24.3 Å². The Kier molecular flexibility index (Phi) is 12.6. The lowest BCUT2D eigenvalue weighted by Crippen LogP contribution is -2.61. The molecule has 15 nitrogen and oxygen atoms in total. The van der Waals surface area contributed by atoms with E-state index in [1.54, 1.807) is 59.0 Å². The standard InChI is InChI=1S/C43H57FN4O11/c1-11-30-43(8)33-31(37(52)58-43)46-22-40(33,5)34(50)23(2)21-41(6,54-18-14-15-26-20-29(59-47-26)27-16-12-13-17-45-27)36(25(4)35(51)42(7,44)39(53)56-30)57-38-32(49)28(48(9)10)19-24(3)55-38/h12-13,16-17,20,23-25,28,30-33,36,38,46,49H,11,18-19,21-22H2,1-10H3/t23-,24-,25+,28+,30-,31?,32-,33?,36-,38+,40?,41+,42+,43-/m1/s1. The van der Waals surface area contributed by atoms with E-state index in [1.165, 1.54) is 6.92 Å². The van der Waals surface area contributed by atoms with Crippen LogP contribution in [0.3, 0.4) is 0 Å². The molecule has 0 aromatic carbocycles. The monoisotopic (exact) mass is 824 g/mol. The van der Waals surface area contributed by atoms with Gasteiger partial charge in [0.2, 0.25) is 0 Å². The summed E-state index contributed by atoms with van der Waals surface area (Å²) in [6.07, 6.45) is -3.47. The molecule has 0 aliphatic carbocycles. The van der Waals surface area contributed by atoms with Crippen LogP contribution in [0, 0.1) is 35.0 Å². The van der Waals surface area contributed by atoms with Gasteiger partial charge >= 0.3 is 11.9 Å². The molecule has 4 aliphatic rings. The number of carbonyl (C=O) groups excluding carboxylic acids is 4. The summed E-state index contributed by atoms with van der Waals surface area (Å²) in [4.78, 5) is 62.8. The van der Waals surface area contributed by atoms with E-state index >= 15 is 4.39 Å². The molecule has 0 radical (unpaired) electrons. The van der Waals surface area contributed by atoms with Crippen molar-refractivity contribution in [2.45, 2.75) is 134 Å². The highest BCUT2D eigenvalue weighted by molar-refractivity contribution is 6.08. The van der Waals surface area contributed by atoms with Crippen LogP contribution in [0.5, 0.6) is 0 Å². The Bertz CT molecular complexity index is 1970. The van der Waals surface area contributed by atoms with Crippen LogP contribution in [-0.2, 0) is 42.9 Å². The third-order valence-electron chi connectivity index (χ3n) is 12.9. The van der Waals surface area contributed by atoms with Crippen LogP contribution >= 0.6 is 0 Å². The summed E-state index contributed by atoms with van der Waals surface area (Å²) in [5.41, 5.74) is -6.78. The van der Waals surface area contributed by atoms with Crippen molar-refractivity contribution in [3.8, 4) is 23.3 Å². The molecule has 322 valence electrons. The number of likely N-dealkylation sites (N-methyl/N-ethyl adjacent to an activating group) is 1. The molecule has 4 saturated heterocycles. The van der Waals surface area contributed by atoms with Gasteiger partial charge in [-0.2, -0.15) is 0 Å². The molecule has 59 heavy (non-hydrogen) atoms. The van der Waals surface area contributed by atoms with Crippen LogP contribution in [0.15, 0.2) is 35.0 Å². The molecule has 6 rings (SSSR count). The Morgan fingerprint density at radius 3 is 2.47 bits per heavy atom. The van der Waals surface area contributed by atoms with Crippen molar-refractivity contribution in [1.82, 2.24) is 20.4 Å². The second kappa shape index (κ2) is 16.7. The summed E-state index contributed by atoms with van der Waals surface area (Å²) in [6.45, 7) is 12.3. The van der Waals surface area contributed by atoms with Gasteiger partial charge in [-0.05, 0) is 79.1 Å². The second-order valence-corrected chi connectivity index (χ2v) is 17.6. The fraction of sp³-hybridized carbons (Fsp3) is 0.674. The lowest BCUT2D eigenvalue weighted by molar-refractivity contribution is -0.296. The first-order chi connectivity index (χ1) is 27.7. The average molecular weight is 825 g/mol. The topological polar surface area (TPSA) is 189 Å². The number of aliphatic hydroxyl groups is 1. The minimum atomic E-state index is -3.22. The SMILES string of the molecule is CC[C@H]1OC(=O)[C@@](C)(F)C(=O)[C@H](C)[C@@H](O[C@@H]2O[C@H](C)C[C@H](N(C)C)[C@H]2O)[C@@](C)(OCC#Cc2cc(-c3ccccn3)on2)C[C@@H](C)C(=O)C2(C)CNC3C(=O)O[C@@]1(C)C32. The molecule has 3 unspecified atom stereocenters. The predicted molar refractivity (Wildman–Crippen MR) is 209 cm³/mol. The first-order valence-corrected chi connectivity index (χ1v) is 20.3. The Labute approximate surface area is 344 Å². The van der Waals surface area contributed by atoms with Gasteiger partial charge < -0.3 is 43.5 Å². The summed E-state index contributed by atoms with van der Waals surface area (Å²) >= 11 is 0. The van der Waals surface area contributed by atoms with Crippen molar-refractivity contribution in [3.05, 3.63) is 36.2 Å².